The molecule has 0 bridgehead atoms. The minimum Gasteiger partial charge on any atom is -0.339 e. The van der Waals surface area contributed by atoms with Crippen LogP contribution in [0.25, 0.3) is 5.69 Å². The first kappa shape index (κ1) is 17.4. The minimum absolute atomic E-state index is 0.0984. The first-order chi connectivity index (χ1) is 13.3. The number of hydrogen-bond acceptors (Lipinski definition) is 4. The highest BCUT2D eigenvalue weighted by molar-refractivity contribution is 5.94. The average Bonchev–Trinajstić information content (AvgIpc) is 3.28. The van der Waals surface area contributed by atoms with Gasteiger partial charge in [0.25, 0.3) is 5.91 Å². The molecule has 3 heterocycles. The molecule has 1 saturated heterocycles. The summed E-state index contributed by atoms with van der Waals surface area (Å²) >= 11 is 0. The van der Waals surface area contributed by atoms with Crippen LogP contribution in [0.1, 0.15) is 28.8 Å². The van der Waals surface area contributed by atoms with E-state index in [0.29, 0.717) is 11.6 Å². The third kappa shape index (κ3) is 4.06. The standard InChI is InChI=1S/C21H23N5O/c27-21(17-5-9-22-10-6-17)25-12-7-19(8-13-25)24-15-18-3-1-2-4-20(18)26-14-11-23-16-26/h1-6,9-11,14,16,19,24H,7-8,12-13,15H2. The van der Waals surface area contributed by atoms with Gasteiger partial charge in [-0.15, -0.1) is 0 Å². The quantitative estimate of drug-likeness (QED) is 0.759. The van der Waals surface area contributed by atoms with E-state index in [2.05, 4.69) is 33.5 Å². The Morgan fingerprint density at radius 2 is 1.81 bits per heavy atom. The second-order valence-corrected chi connectivity index (χ2v) is 6.78. The van der Waals surface area contributed by atoms with Gasteiger partial charge in [0.2, 0.25) is 0 Å². The molecule has 3 aromatic rings. The van der Waals surface area contributed by atoms with Crippen molar-refractivity contribution in [2.24, 2.45) is 0 Å². The molecule has 0 atom stereocenters. The molecule has 0 unspecified atom stereocenters. The van der Waals surface area contributed by atoms with E-state index in [9.17, 15) is 4.79 Å². The molecule has 1 fully saturated rings. The molecule has 1 N–H and O–H groups in total. The number of nitrogens with zero attached hydrogens (tertiary/aromatic N) is 4. The van der Waals surface area contributed by atoms with E-state index >= 15 is 0 Å². The van der Waals surface area contributed by atoms with Crippen molar-refractivity contribution >= 4 is 5.91 Å². The molecule has 4 rings (SSSR count). The highest BCUT2D eigenvalue weighted by Gasteiger charge is 2.23. The van der Waals surface area contributed by atoms with E-state index in [1.807, 2.05) is 28.1 Å². The Kier molecular flexibility index (Phi) is 5.25. The molecule has 1 aliphatic rings. The van der Waals surface area contributed by atoms with Crippen molar-refractivity contribution in [1.82, 2.24) is 24.8 Å². The number of benzene rings is 1. The van der Waals surface area contributed by atoms with Crippen LogP contribution in [-0.2, 0) is 6.54 Å². The lowest BCUT2D eigenvalue weighted by atomic mass is 10.0. The number of nitrogens with one attached hydrogen (secondary N) is 1. The van der Waals surface area contributed by atoms with Crippen LogP contribution in [0.5, 0.6) is 0 Å². The second kappa shape index (κ2) is 8.14. The molecular weight excluding hydrogens is 338 g/mol. The zero-order valence-electron chi connectivity index (χ0n) is 15.2. The summed E-state index contributed by atoms with van der Waals surface area (Å²) in [6, 6.07) is 12.3. The molecule has 138 valence electrons. The van der Waals surface area contributed by atoms with E-state index in [1.165, 1.54) is 5.56 Å². The number of piperidine rings is 1. The van der Waals surface area contributed by atoms with Gasteiger partial charge < -0.3 is 14.8 Å². The summed E-state index contributed by atoms with van der Waals surface area (Å²) in [4.78, 5) is 22.6. The summed E-state index contributed by atoms with van der Waals surface area (Å²) in [6.45, 7) is 2.36. The molecule has 27 heavy (non-hydrogen) atoms. The summed E-state index contributed by atoms with van der Waals surface area (Å²) < 4.78 is 2.03. The molecule has 6 heteroatoms. The molecule has 2 aromatic heterocycles. The van der Waals surface area contributed by atoms with Crippen molar-refractivity contribution in [3.63, 3.8) is 0 Å². The topological polar surface area (TPSA) is 63.1 Å². The zero-order chi connectivity index (χ0) is 18.5. The molecule has 1 aliphatic heterocycles. The fourth-order valence-electron chi connectivity index (χ4n) is 3.53. The van der Waals surface area contributed by atoms with Crippen molar-refractivity contribution < 1.29 is 4.79 Å². The average molecular weight is 361 g/mol. The Morgan fingerprint density at radius 3 is 2.56 bits per heavy atom. The predicted molar refractivity (Wildman–Crippen MR) is 104 cm³/mol. The lowest BCUT2D eigenvalue weighted by Gasteiger charge is -2.32. The normalized spacial score (nSPS) is 15.0. The molecule has 1 amide bonds. The number of likely N-dealkylation sites (tertiary alicyclic amines) is 1. The lowest BCUT2D eigenvalue weighted by Crippen LogP contribution is -2.44. The van der Waals surface area contributed by atoms with Crippen LogP contribution in [0.15, 0.2) is 67.5 Å². The van der Waals surface area contributed by atoms with Gasteiger partial charge in [-0.05, 0) is 36.6 Å². The lowest BCUT2D eigenvalue weighted by molar-refractivity contribution is 0.0704. The maximum atomic E-state index is 12.5. The number of amides is 1. The molecule has 0 saturated carbocycles. The number of imidazole rings is 1. The van der Waals surface area contributed by atoms with Crippen molar-refractivity contribution in [1.29, 1.82) is 0 Å². The van der Waals surface area contributed by atoms with Crippen LogP contribution in [0.3, 0.4) is 0 Å². The fraction of sp³-hybridized carbons (Fsp3) is 0.286. The van der Waals surface area contributed by atoms with Crippen molar-refractivity contribution in [3.05, 3.63) is 78.6 Å². The van der Waals surface area contributed by atoms with Crippen molar-refractivity contribution in [2.45, 2.75) is 25.4 Å². The molecule has 0 spiro atoms. The minimum atomic E-state index is 0.0984. The van der Waals surface area contributed by atoms with Crippen LogP contribution in [-0.4, -0.2) is 44.5 Å². The van der Waals surface area contributed by atoms with Gasteiger partial charge in [-0.2, -0.15) is 0 Å². The first-order valence-corrected chi connectivity index (χ1v) is 9.30. The molecule has 0 aliphatic carbocycles. The van der Waals surface area contributed by atoms with E-state index in [0.717, 1.165) is 38.2 Å². The Bertz CT molecular complexity index is 871. The van der Waals surface area contributed by atoms with Gasteiger partial charge in [0, 0.05) is 56.0 Å². The molecule has 0 radical (unpaired) electrons. The molecule has 1 aromatic carbocycles. The van der Waals surface area contributed by atoms with Crippen molar-refractivity contribution in [2.75, 3.05) is 13.1 Å². The van der Waals surface area contributed by atoms with Gasteiger partial charge in [0.15, 0.2) is 0 Å². The van der Waals surface area contributed by atoms with Gasteiger partial charge in [0.1, 0.15) is 0 Å². The van der Waals surface area contributed by atoms with E-state index < -0.39 is 0 Å². The van der Waals surface area contributed by atoms with Gasteiger partial charge in [0.05, 0.1) is 12.0 Å². The SMILES string of the molecule is O=C(c1ccncc1)N1CCC(NCc2ccccc2-n2ccnc2)CC1. The Morgan fingerprint density at radius 1 is 1.04 bits per heavy atom. The van der Waals surface area contributed by atoms with Gasteiger partial charge in [-0.1, -0.05) is 18.2 Å². The van der Waals surface area contributed by atoms with Crippen LogP contribution in [0.4, 0.5) is 0 Å². The maximum Gasteiger partial charge on any atom is 0.253 e. The number of pyridine rings is 1. The Balaban J connectivity index is 1.32. The summed E-state index contributed by atoms with van der Waals surface area (Å²) in [5.41, 5.74) is 3.10. The fourth-order valence-corrected chi connectivity index (χ4v) is 3.53. The van der Waals surface area contributed by atoms with E-state index in [-0.39, 0.29) is 5.91 Å². The number of para-hydroxylation sites is 1. The van der Waals surface area contributed by atoms with Gasteiger partial charge in [-0.3, -0.25) is 9.78 Å². The Labute approximate surface area is 158 Å². The number of hydrogen-bond donors (Lipinski definition) is 1. The van der Waals surface area contributed by atoms with Gasteiger partial charge in [-0.25, -0.2) is 4.98 Å². The van der Waals surface area contributed by atoms with Crippen LogP contribution in [0, 0.1) is 0 Å². The number of rotatable bonds is 5. The number of carbonyl (C=O) groups excluding carboxylic acids is 1. The molecule has 6 nitrogen and oxygen atoms in total. The molecular formula is C21H23N5O. The number of carbonyl (C=O) groups is 1. The van der Waals surface area contributed by atoms with Crippen LogP contribution < -0.4 is 5.32 Å². The zero-order valence-corrected chi connectivity index (χ0v) is 15.2. The van der Waals surface area contributed by atoms with E-state index in [1.54, 1.807) is 30.7 Å². The maximum absolute atomic E-state index is 12.5. The number of aromatic nitrogens is 3. The summed E-state index contributed by atoms with van der Waals surface area (Å²) in [6.07, 6.45) is 10.8. The highest BCUT2D eigenvalue weighted by Crippen LogP contribution is 2.17. The smallest absolute Gasteiger partial charge is 0.253 e. The first-order valence-electron chi connectivity index (χ1n) is 9.30. The van der Waals surface area contributed by atoms with Crippen molar-refractivity contribution in [3.8, 4) is 5.69 Å². The summed E-state index contributed by atoms with van der Waals surface area (Å²) in [7, 11) is 0. The van der Waals surface area contributed by atoms with E-state index in [4.69, 9.17) is 0 Å². The third-order valence-corrected chi connectivity index (χ3v) is 5.06. The highest BCUT2D eigenvalue weighted by atomic mass is 16.2. The predicted octanol–water partition coefficient (Wildman–Crippen LogP) is 2.66. The third-order valence-electron chi connectivity index (χ3n) is 5.06. The second-order valence-electron chi connectivity index (χ2n) is 6.78. The Hall–Kier alpha value is -2.99. The van der Waals surface area contributed by atoms with Gasteiger partial charge >= 0.3 is 0 Å². The largest absolute Gasteiger partial charge is 0.339 e. The van der Waals surface area contributed by atoms with Crippen LogP contribution >= 0.6 is 0 Å². The summed E-state index contributed by atoms with van der Waals surface area (Å²) in [5.74, 6) is 0.0984. The van der Waals surface area contributed by atoms with Crippen LogP contribution in [0.2, 0.25) is 0 Å². The summed E-state index contributed by atoms with van der Waals surface area (Å²) in [5, 5.41) is 3.66. The monoisotopic (exact) mass is 361 g/mol.